The van der Waals surface area contributed by atoms with E-state index < -0.39 is 0 Å². The zero-order valence-electron chi connectivity index (χ0n) is 12.6. The zero-order valence-corrected chi connectivity index (χ0v) is 12.6. The first kappa shape index (κ1) is 13.7. The van der Waals surface area contributed by atoms with Crippen LogP contribution in [0.5, 0.6) is 0 Å². The molecule has 0 saturated carbocycles. The van der Waals surface area contributed by atoms with Gasteiger partial charge in [0.15, 0.2) is 11.5 Å². The van der Waals surface area contributed by atoms with Crippen molar-refractivity contribution in [3.63, 3.8) is 0 Å². The number of fused-ring (bicyclic) bond motifs is 1. The van der Waals surface area contributed by atoms with Crippen molar-refractivity contribution in [1.29, 1.82) is 0 Å². The van der Waals surface area contributed by atoms with Crippen LogP contribution in [0.4, 0.5) is 5.69 Å². The number of hydrogen-bond donors (Lipinski definition) is 1. The topological polar surface area (TPSA) is 55.9 Å². The lowest BCUT2D eigenvalue weighted by Crippen LogP contribution is -2.07. The summed E-state index contributed by atoms with van der Waals surface area (Å²) >= 11 is 0. The molecule has 2 heterocycles. The lowest BCUT2D eigenvalue weighted by molar-refractivity contribution is 0.501. The highest BCUT2D eigenvalue weighted by Crippen LogP contribution is 2.24. The average Bonchev–Trinajstić information content (AvgIpc) is 3.10. The van der Waals surface area contributed by atoms with Crippen LogP contribution in [-0.4, -0.2) is 14.8 Å². The maximum absolute atomic E-state index is 5.72. The standard InChI is InChI=1S/C16H20N4O/c1-4-20-13(7-8-18-20)10-17-12-5-6-15-14(9-12)19-16(21-15)11(2)3/h5-9,11,17H,4,10H2,1-3H3. The molecule has 3 aromatic rings. The Labute approximate surface area is 124 Å². The lowest BCUT2D eigenvalue weighted by Gasteiger charge is -2.07. The van der Waals surface area contributed by atoms with E-state index >= 15 is 0 Å². The van der Waals surface area contributed by atoms with Crippen LogP contribution in [0.3, 0.4) is 0 Å². The number of nitrogens with one attached hydrogen (secondary N) is 1. The monoisotopic (exact) mass is 284 g/mol. The largest absolute Gasteiger partial charge is 0.440 e. The van der Waals surface area contributed by atoms with Gasteiger partial charge in [-0.2, -0.15) is 5.10 Å². The summed E-state index contributed by atoms with van der Waals surface area (Å²) < 4.78 is 7.70. The number of aryl methyl sites for hydroxylation is 1. The third kappa shape index (κ3) is 2.77. The van der Waals surface area contributed by atoms with Crippen molar-refractivity contribution in [2.45, 2.75) is 39.8 Å². The minimum Gasteiger partial charge on any atom is -0.440 e. The number of benzene rings is 1. The van der Waals surface area contributed by atoms with E-state index in [0.29, 0.717) is 5.92 Å². The molecule has 0 fully saturated rings. The first-order chi connectivity index (χ1) is 10.2. The van der Waals surface area contributed by atoms with Gasteiger partial charge in [0.1, 0.15) is 5.52 Å². The van der Waals surface area contributed by atoms with Crippen LogP contribution in [0, 0.1) is 0 Å². The van der Waals surface area contributed by atoms with Crippen molar-refractivity contribution < 1.29 is 4.42 Å². The quantitative estimate of drug-likeness (QED) is 0.774. The van der Waals surface area contributed by atoms with Crippen molar-refractivity contribution in [3.05, 3.63) is 42.0 Å². The fourth-order valence-corrected chi connectivity index (χ4v) is 2.29. The molecule has 0 spiro atoms. The molecule has 0 atom stereocenters. The van der Waals surface area contributed by atoms with Gasteiger partial charge in [-0.1, -0.05) is 13.8 Å². The van der Waals surface area contributed by atoms with Crippen LogP contribution in [0.2, 0.25) is 0 Å². The van der Waals surface area contributed by atoms with Crippen molar-refractivity contribution in [2.24, 2.45) is 0 Å². The minimum absolute atomic E-state index is 0.299. The molecule has 5 heteroatoms. The Balaban J connectivity index is 1.78. The van der Waals surface area contributed by atoms with Gasteiger partial charge < -0.3 is 9.73 Å². The fourth-order valence-electron chi connectivity index (χ4n) is 2.29. The molecule has 3 rings (SSSR count). The summed E-state index contributed by atoms with van der Waals surface area (Å²) in [6.45, 7) is 7.87. The Morgan fingerprint density at radius 3 is 2.90 bits per heavy atom. The normalized spacial score (nSPS) is 11.4. The molecule has 1 N–H and O–H groups in total. The van der Waals surface area contributed by atoms with E-state index in [0.717, 1.165) is 35.8 Å². The number of aromatic nitrogens is 3. The molecule has 0 radical (unpaired) electrons. The summed E-state index contributed by atoms with van der Waals surface area (Å²) in [6, 6.07) is 8.04. The van der Waals surface area contributed by atoms with E-state index in [4.69, 9.17) is 4.42 Å². The molecule has 0 unspecified atom stereocenters. The summed E-state index contributed by atoms with van der Waals surface area (Å²) in [5.41, 5.74) is 3.94. The molecule has 0 aliphatic rings. The van der Waals surface area contributed by atoms with Gasteiger partial charge in [-0.05, 0) is 31.2 Å². The Morgan fingerprint density at radius 1 is 1.29 bits per heavy atom. The van der Waals surface area contributed by atoms with Crippen molar-refractivity contribution in [2.75, 3.05) is 5.32 Å². The van der Waals surface area contributed by atoms with E-state index in [-0.39, 0.29) is 0 Å². The second kappa shape index (κ2) is 5.60. The molecule has 5 nitrogen and oxygen atoms in total. The van der Waals surface area contributed by atoms with Gasteiger partial charge in [0.2, 0.25) is 0 Å². The predicted octanol–water partition coefficient (Wildman–Crippen LogP) is 3.78. The molecule has 0 aliphatic carbocycles. The summed E-state index contributed by atoms with van der Waals surface area (Å²) in [5.74, 6) is 1.08. The van der Waals surface area contributed by atoms with Gasteiger partial charge in [-0.3, -0.25) is 4.68 Å². The number of oxazole rings is 1. The maximum Gasteiger partial charge on any atom is 0.198 e. The second-order valence-corrected chi connectivity index (χ2v) is 5.38. The lowest BCUT2D eigenvalue weighted by atomic mass is 10.2. The number of anilines is 1. The molecule has 0 aliphatic heterocycles. The molecule has 2 aromatic heterocycles. The fraction of sp³-hybridized carbons (Fsp3) is 0.375. The third-order valence-corrected chi connectivity index (χ3v) is 3.48. The van der Waals surface area contributed by atoms with Crippen LogP contribution in [0.25, 0.3) is 11.1 Å². The highest BCUT2D eigenvalue weighted by Gasteiger charge is 2.09. The smallest absolute Gasteiger partial charge is 0.198 e. The molecule has 0 bridgehead atoms. The van der Waals surface area contributed by atoms with Crippen LogP contribution in [0.1, 0.15) is 38.3 Å². The predicted molar refractivity (Wildman–Crippen MR) is 83.3 cm³/mol. The van der Waals surface area contributed by atoms with E-state index in [1.165, 1.54) is 5.69 Å². The van der Waals surface area contributed by atoms with Crippen LogP contribution in [0.15, 0.2) is 34.9 Å². The first-order valence-corrected chi connectivity index (χ1v) is 7.32. The van der Waals surface area contributed by atoms with E-state index in [9.17, 15) is 0 Å². The molecular weight excluding hydrogens is 264 g/mol. The zero-order chi connectivity index (χ0) is 14.8. The summed E-state index contributed by atoms with van der Waals surface area (Å²) in [7, 11) is 0. The highest BCUT2D eigenvalue weighted by molar-refractivity contribution is 5.77. The van der Waals surface area contributed by atoms with Gasteiger partial charge in [0.25, 0.3) is 0 Å². The SMILES string of the molecule is CCn1nccc1CNc1ccc2oc(C(C)C)nc2c1. The maximum atomic E-state index is 5.72. The van der Waals surface area contributed by atoms with E-state index in [1.807, 2.05) is 35.1 Å². The Bertz CT molecular complexity index is 742. The molecule has 0 amide bonds. The third-order valence-electron chi connectivity index (χ3n) is 3.48. The number of nitrogens with zero attached hydrogens (tertiary/aromatic N) is 3. The van der Waals surface area contributed by atoms with E-state index in [1.54, 1.807) is 0 Å². The van der Waals surface area contributed by atoms with Crippen molar-refractivity contribution in [1.82, 2.24) is 14.8 Å². The van der Waals surface area contributed by atoms with Gasteiger partial charge in [0, 0.05) is 24.3 Å². The summed E-state index contributed by atoms with van der Waals surface area (Å²) in [6.07, 6.45) is 1.83. The van der Waals surface area contributed by atoms with Crippen LogP contribution in [-0.2, 0) is 13.1 Å². The number of hydrogen-bond acceptors (Lipinski definition) is 4. The summed E-state index contributed by atoms with van der Waals surface area (Å²) in [4.78, 5) is 4.53. The Hall–Kier alpha value is -2.30. The van der Waals surface area contributed by atoms with Gasteiger partial charge in [0.05, 0.1) is 12.2 Å². The average molecular weight is 284 g/mol. The number of rotatable bonds is 5. The van der Waals surface area contributed by atoms with Crippen LogP contribution < -0.4 is 5.32 Å². The molecular formula is C16H20N4O. The van der Waals surface area contributed by atoms with Gasteiger partial charge >= 0.3 is 0 Å². The Morgan fingerprint density at radius 2 is 2.14 bits per heavy atom. The molecule has 21 heavy (non-hydrogen) atoms. The second-order valence-electron chi connectivity index (χ2n) is 5.38. The van der Waals surface area contributed by atoms with Gasteiger partial charge in [-0.15, -0.1) is 0 Å². The Kier molecular flexibility index (Phi) is 3.64. The van der Waals surface area contributed by atoms with Gasteiger partial charge in [-0.25, -0.2) is 4.98 Å². The van der Waals surface area contributed by atoms with Crippen molar-refractivity contribution >= 4 is 16.8 Å². The van der Waals surface area contributed by atoms with Crippen molar-refractivity contribution in [3.8, 4) is 0 Å². The highest BCUT2D eigenvalue weighted by atomic mass is 16.3. The minimum atomic E-state index is 0.299. The van der Waals surface area contributed by atoms with Crippen LogP contribution >= 0.6 is 0 Å². The van der Waals surface area contributed by atoms with E-state index in [2.05, 4.69) is 36.2 Å². The summed E-state index contributed by atoms with van der Waals surface area (Å²) in [5, 5.41) is 7.68. The first-order valence-electron chi connectivity index (χ1n) is 7.32. The molecule has 0 saturated heterocycles. The molecule has 110 valence electrons. The molecule has 1 aromatic carbocycles.